The molecule has 212 valence electrons. The summed E-state index contributed by atoms with van der Waals surface area (Å²) in [6, 6.07) is 7.81. The van der Waals surface area contributed by atoms with Crippen molar-refractivity contribution < 1.29 is 4.39 Å². The summed E-state index contributed by atoms with van der Waals surface area (Å²) in [4.78, 5) is 1.87. The molecule has 0 saturated carbocycles. The lowest BCUT2D eigenvalue weighted by atomic mass is 9.75. The van der Waals surface area contributed by atoms with Crippen molar-refractivity contribution in [3.63, 3.8) is 0 Å². The van der Waals surface area contributed by atoms with E-state index in [9.17, 15) is 0 Å². The van der Waals surface area contributed by atoms with Crippen molar-refractivity contribution in [3.8, 4) is 0 Å². The molecule has 1 aromatic heterocycles. The van der Waals surface area contributed by atoms with Crippen LogP contribution in [0.1, 0.15) is 61.0 Å². The summed E-state index contributed by atoms with van der Waals surface area (Å²) < 4.78 is 19.1. The largest absolute Gasteiger partial charge is 0.388 e. The zero-order valence-corrected chi connectivity index (χ0v) is 25.7. The van der Waals surface area contributed by atoms with Gasteiger partial charge >= 0.3 is 0 Å². The van der Waals surface area contributed by atoms with Gasteiger partial charge in [0.05, 0.1) is 12.1 Å². The molecule has 0 fully saturated rings. The third-order valence-corrected chi connectivity index (χ3v) is 8.07. The Morgan fingerprint density at radius 2 is 1.71 bits per heavy atom. The van der Waals surface area contributed by atoms with Gasteiger partial charge in [-0.2, -0.15) is 0 Å². The van der Waals surface area contributed by atoms with Crippen molar-refractivity contribution in [1.29, 1.82) is 0 Å². The summed E-state index contributed by atoms with van der Waals surface area (Å²) in [5.74, 6) is -1.64. The van der Waals surface area contributed by atoms with E-state index < -0.39 is 11.8 Å². The maximum atomic E-state index is 16.9. The number of hydrogen-bond donors (Lipinski definition) is 3. The van der Waals surface area contributed by atoms with Gasteiger partial charge in [0.1, 0.15) is 0 Å². The highest BCUT2D eigenvalue weighted by Crippen LogP contribution is 2.38. The number of aromatic nitrogens is 1. The normalized spacial score (nSPS) is 16.3. The number of fused-ring (bicyclic) bond motifs is 1. The first-order valence-corrected chi connectivity index (χ1v) is 13.7. The molecular formula is C32H52FN5. The number of nitrogens with one attached hydrogen (secondary N) is 3. The average molecular weight is 526 g/mol. The molecule has 1 aromatic carbocycles. The van der Waals surface area contributed by atoms with E-state index in [1.165, 1.54) is 16.5 Å². The predicted octanol–water partition coefficient (Wildman–Crippen LogP) is 6.25. The van der Waals surface area contributed by atoms with Crippen LogP contribution in [-0.2, 0) is 12.5 Å². The second kappa shape index (κ2) is 12.1. The Balaban J connectivity index is 2.42. The lowest BCUT2D eigenvalue weighted by molar-refractivity contribution is -0.0683. The standard InChI is InChI=1S/C32H52FN5/c1-14-38(20-19-22(2)23(3)34-11)32(10,33)29(30(5,6)7)36-24(4)28(35-12)31(8,9)26-21-37(13)27-18-16-15-17-25(26)27/h15-19,21,28-29,34-36H,3-4,14,20H2,1-2,5-13H3/b22-19+. The fraction of sp³-hybridized carbons (Fsp3) is 0.562. The lowest BCUT2D eigenvalue weighted by Crippen LogP contribution is -2.63. The molecule has 1 heterocycles. The quantitative estimate of drug-likeness (QED) is 0.214. The van der Waals surface area contributed by atoms with Crippen LogP contribution in [0.3, 0.4) is 0 Å². The Kier molecular flexibility index (Phi) is 10.1. The van der Waals surface area contributed by atoms with E-state index in [0.717, 1.165) is 17.0 Å². The van der Waals surface area contributed by atoms with Gasteiger partial charge in [-0.25, -0.2) is 4.39 Å². The number of halogens is 1. The van der Waals surface area contributed by atoms with E-state index in [4.69, 9.17) is 0 Å². The first-order valence-electron chi connectivity index (χ1n) is 13.7. The van der Waals surface area contributed by atoms with Gasteiger partial charge in [-0.15, -0.1) is 0 Å². The van der Waals surface area contributed by atoms with Crippen LogP contribution in [0, 0.1) is 5.41 Å². The molecule has 0 spiro atoms. The second-order valence-corrected chi connectivity index (χ2v) is 12.3. The van der Waals surface area contributed by atoms with E-state index in [1.54, 1.807) is 6.92 Å². The first-order chi connectivity index (χ1) is 17.5. The minimum Gasteiger partial charge on any atom is -0.388 e. The molecule has 3 unspecified atom stereocenters. The summed E-state index contributed by atoms with van der Waals surface area (Å²) in [7, 11) is 5.88. The fourth-order valence-electron chi connectivity index (χ4n) is 5.76. The smallest absolute Gasteiger partial charge is 0.182 e. The number of allylic oxidation sites excluding steroid dienone is 1. The van der Waals surface area contributed by atoms with Crippen LogP contribution in [0.25, 0.3) is 10.9 Å². The molecule has 0 amide bonds. The number of benzene rings is 1. The maximum absolute atomic E-state index is 16.9. The third-order valence-electron chi connectivity index (χ3n) is 8.07. The number of aryl methyl sites for hydroxylation is 1. The Morgan fingerprint density at radius 3 is 2.24 bits per heavy atom. The van der Waals surface area contributed by atoms with Gasteiger partial charge in [-0.05, 0) is 50.1 Å². The molecule has 3 N–H and O–H groups in total. The van der Waals surface area contributed by atoms with E-state index in [0.29, 0.717) is 13.1 Å². The molecule has 2 aromatic rings. The Morgan fingerprint density at radius 1 is 1.11 bits per heavy atom. The van der Waals surface area contributed by atoms with Crippen LogP contribution in [-0.4, -0.2) is 54.5 Å². The number of likely N-dealkylation sites (N-methyl/N-ethyl adjacent to an activating group) is 3. The molecule has 0 saturated heterocycles. The van der Waals surface area contributed by atoms with Gasteiger partial charge in [0.15, 0.2) is 5.79 Å². The van der Waals surface area contributed by atoms with Crippen LogP contribution < -0.4 is 16.0 Å². The first kappa shape index (κ1) is 31.6. The zero-order chi connectivity index (χ0) is 29.1. The number of nitrogens with zero attached hydrogens (tertiary/aromatic N) is 2. The summed E-state index contributed by atoms with van der Waals surface area (Å²) in [5, 5.41) is 11.4. The zero-order valence-electron chi connectivity index (χ0n) is 25.7. The van der Waals surface area contributed by atoms with Crippen LogP contribution in [0.4, 0.5) is 4.39 Å². The summed E-state index contributed by atoms with van der Waals surface area (Å²) in [6.07, 6.45) is 4.24. The molecule has 0 bridgehead atoms. The summed E-state index contributed by atoms with van der Waals surface area (Å²) >= 11 is 0. The average Bonchev–Trinajstić information content (AvgIpc) is 3.19. The number of para-hydroxylation sites is 1. The monoisotopic (exact) mass is 525 g/mol. The molecule has 0 aliphatic heterocycles. The van der Waals surface area contributed by atoms with Crippen molar-refractivity contribution >= 4 is 10.9 Å². The molecule has 0 radical (unpaired) electrons. The van der Waals surface area contributed by atoms with Crippen molar-refractivity contribution in [2.75, 3.05) is 27.2 Å². The predicted molar refractivity (Wildman–Crippen MR) is 163 cm³/mol. The molecular weight excluding hydrogens is 473 g/mol. The molecule has 0 aliphatic rings. The van der Waals surface area contributed by atoms with E-state index >= 15 is 4.39 Å². The van der Waals surface area contributed by atoms with Gasteiger partial charge in [0, 0.05) is 54.5 Å². The topological polar surface area (TPSA) is 44.3 Å². The van der Waals surface area contributed by atoms with Gasteiger partial charge in [-0.3, -0.25) is 4.90 Å². The third kappa shape index (κ3) is 6.52. The van der Waals surface area contributed by atoms with Crippen LogP contribution in [0.15, 0.2) is 66.7 Å². The van der Waals surface area contributed by atoms with Crippen LogP contribution >= 0.6 is 0 Å². The van der Waals surface area contributed by atoms with Crippen molar-refractivity contribution in [2.24, 2.45) is 12.5 Å². The molecule has 38 heavy (non-hydrogen) atoms. The molecule has 3 atom stereocenters. The van der Waals surface area contributed by atoms with Crippen molar-refractivity contribution in [3.05, 3.63) is 72.2 Å². The lowest BCUT2D eigenvalue weighted by Gasteiger charge is -2.48. The van der Waals surface area contributed by atoms with Crippen LogP contribution in [0.5, 0.6) is 0 Å². The van der Waals surface area contributed by atoms with Crippen molar-refractivity contribution in [2.45, 2.75) is 78.7 Å². The van der Waals surface area contributed by atoms with E-state index in [2.05, 4.69) is 106 Å². The number of alkyl halides is 1. The molecule has 0 aliphatic carbocycles. The SMILES string of the molecule is C=C(NC)/C(C)=C/CN(CC)C(C)(F)C(NC(=C)C(NC)C(C)(C)c1cn(C)c2ccccc12)C(C)(C)C. The number of hydrogen-bond acceptors (Lipinski definition) is 4. The van der Waals surface area contributed by atoms with Gasteiger partial charge in [0.25, 0.3) is 0 Å². The van der Waals surface area contributed by atoms with Crippen molar-refractivity contribution in [1.82, 2.24) is 25.4 Å². The van der Waals surface area contributed by atoms with Gasteiger partial charge < -0.3 is 20.5 Å². The summed E-state index contributed by atoms with van der Waals surface area (Å²) in [6.45, 7) is 25.9. The molecule has 6 heteroatoms. The highest BCUT2D eigenvalue weighted by molar-refractivity contribution is 5.85. The fourth-order valence-corrected chi connectivity index (χ4v) is 5.76. The van der Waals surface area contributed by atoms with Crippen LogP contribution in [0.2, 0.25) is 0 Å². The second-order valence-electron chi connectivity index (χ2n) is 12.3. The number of rotatable bonds is 13. The Bertz CT molecular complexity index is 1150. The Hall–Kier alpha value is -2.57. The van der Waals surface area contributed by atoms with E-state index in [-0.39, 0.29) is 16.9 Å². The molecule has 2 rings (SSSR count). The van der Waals surface area contributed by atoms with Gasteiger partial charge in [-0.1, -0.05) is 79.0 Å². The minimum absolute atomic E-state index is 0.134. The molecule has 5 nitrogen and oxygen atoms in total. The van der Waals surface area contributed by atoms with E-state index in [1.807, 2.05) is 38.9 Å². The van der Waals surface area contributed by atoms with Gasteiger partial charge in [0.2, 0.25) is 0 Å². The Labute approximate surface area is 231 Å². The summed E-state index contributed by atoms with van der Waals surface area (Å²) in [5.41, 5.74) is 4.36. The highest BCUT2D eigenvalue weighted by atomic mass is 19.1. The maximum Gasteiger partial charge on any atom is 0.182 e. The minimum atomic E-state index is -1.64. The highest BCUT2D eigenvalue weighted by Gasteiger charge is 2.47.